The quantitative estimate of drug-likeness (QED) is 0.874. The lowest BCUT2D eigenvalue weighted by Gasteiger charge is -2.03. The monoisotopic (exact) mass is 262 g/mol. The van der Waals surface area contributed by atoms with Gasteiger partial charge in [0, 0.05) is 17.7 Å². The van der Waals surface area contributed by atoms with Crippen LogP contribution in [0.4, 0.5) is 0 Å². The number of sulfone groups is 1. The highest BCUT2D eigenvalue weighted by Crippen LogP contribution is 2.28. The molecular formula is C10H18N2O2S2. The molecule has 1 rings (SSSR count). The van der Waals surface area contributed by atoms with Crippen molar-refractivity contribution in [3.8, 4) is 0 Å². The lowest BCUT2D eigenvalue weighted by Crippen LogP contribution is -2.07. The summed E-state index contributed by atoms with van der Waals surface area (Å²) in [5, 5.41) is 3.26. The first kappa shape index (κ1) is 13.6. The fourth-order valence-electron chi connectivity index (χ4n) is 1.34. The van der Waals surface area contributed by atoms with Gasteiger partial charge in [0.25, 0.3) is 0 Å². The van der Waals surface area contributed by atoms with Crippen molar-refractivity contribution in [2.75, 3.05) is 13.3 Å². The lowest BCUT2D eigenvalue weighted by atomic mass is 10.3. The van der Waals surface area contributed by atoms with Crippen molar-refractivity contribution in [2.24, 2.45) is 0 Å². The van der Waals surface area contributed by atoms with Crippen LogP contribution in [0.3, 0.4) is 0 Å². The lowest BCUT2D eigenvalue weighted by molar-refractivity contribution is 0.592. The Morgan fingerprint density at radius 3 is 2.56 bits per heavy atom. The van der Waals surface area contributed by atoms with E-state index < -0.39 is 15.1 Å². The van der Waals surface area contributed by atoms with Gasteiger partial charge < -0.3 is 5.32 Å². The Morgan fingerprint density at radius 2 is 2.12 bits per heavy atom. The minimum Gasteiger partial charge on any atom is -0.315 e. The molecule has 0 aromatic carbocycles. The number of aromatic nitrogens is 1. The van der Waals surface area contributed by atoms with Crippen LogP contribution in [0, 0.1) is 0 Å². The maximum atomic E-state index is 11.4. The first-order valence-corrected chi connectivity index (χ1v) is 7.99. The third-order valence-electron chi connectivity index (χ3n) is 2.46. The third kappa shape index (κ3) is 3.02. The second-order valence-electron chi connectivity index (χ2n) is 3.78. The van der Waals surface area contributed by atoms with Crippen molar-refractivity contribution in [3.63, 3.8) is 0 Å². The summed E-state index contributed by atoms with van der Waals surface area (Å²) in [6.45, 7) is 4.47. The molecule has 0 aliphatic heterocycles. The van der Waals surface area contributed by atoms with Gasteiger partial charge in [0.15, 0.2) is 9.84 Å². The number of nitrogens with zero attached hydrogens (tertiary/aromatic N) is 1. The van der Waals surface area contributed by atoms with E-state index in [0.717, 1.165) is 23.5 Å². The maximum Gasteiger partial charge on any atom is 0.156 e. The Labute approximate surface area is 101 Å². The predicted molar refractivity (Wildman–Crippen MR) is 67.5 cm³/mol. The number of hydrogen-bond donors (Lipinski definition) is 1. The van der Waals surface area contributed by atoms with Crippen molar-refractivity contribution in [3.05, 3.63) is 15.6 Å². The predicted octanol–water partition coefficient (Wildman–Crippen LogP) is 1.53. The average molecular weight is 262 g/mol. The van der Waals surface area contributed by atoms with Gasteiger partial charge in [-0.1, -0.05) is 6.92 Å². The Hall–Kier alpha value is -0.460. The Bertz CT molecular complexity index is 451. The minimum atomic E-state index is -3.05. The van der Waals surface area contributed by atoms with Gasteiger partial charge in [-0.05, 0) is 20.4 Å². The van der Waals surface area contributed by atoms with Crippen LogP contribution < -0.4 is 5.32 Å². The molecule has 1 aromatic rings. The molecule has 1 N–H and O–H groups in total. The topological polar surface area (TPSA) is 59.1 Å². The first-order chi connectivity index (χ1) is 7.40. The van der Waals surface area contributed by atoms with Gasteiger partial charge >= 0.3 is 0 Å². The highest BCUT2D eigenvalue weighted by molar-refractivity contribution is 7.91. The third-order valence-corrected chi connectivity index (χ3v) is 5.39. The van der Waals surface area contributed by atoms with Crippen LogP contribution >= 0.6 is 11.3 Å². The van der Waals surface area contributed by atoms with Gasteiger partial charge in [0.1, 0.15) is 10.3 Å². The summed E-state index contributed by atoms with van der Waals surface area (Å²) in [5.74, 6) is 0. The second-order valence-corrected chi connectivity index (χ2v) is 7.26. The van der Waals surface area contributed by atoms with E-state index in [1.165, 1.54) is 17.6 Å². The minimum absolute atomic E-state index is 0.506. The molecule has 0 bridgehead atoms. The van der Waals surface area contributed by atoms with Gasteiger partial charge in [-0.15, -0.1) is 11.3 Å². The summed E-state index contributed by atoms with van der Waals surface area (Å²) < 4.78 is 22.9. The molecule has 0 amide bonds. The van der Waals surface area contributed by atoms with Crippen molar-refractivity contribution < 1.29 is 8.42 Å². The van der Waals surface area contributed by atoms with Gasteiger partial charge in [-0.25, -0.2) is 13.4 Å². The van der Waals surface area contributed by atoms with Crippen LogP contribution in [0.2, 0.25) is 0 Å². The van der Waals surface area contributed by atoms with Crippen LogP contribution in [0.15, 0.2) is 0 Å². The Morgan fingerprint density at radius 1 is 1.50 bits per heavy atom. The van der Waals surface area contributed by atoms with Gasteiger partial charge in [-0.2, -0.15) is 0 Å². The Balaban J connectivity index is 3.08. The summed E-state index contributed by atoms with van der Waals surface area (Å²) >= 11 is 1.49. The normalized spacial score (nSPS) is 14.0. The van der Waals surface area contributed by atoms with Gasteiger partial charge in [-0.3, -0.25) is 0 Å². The first-order valence-electron chi connectivity index (χ1n) is 5.22. The van der Waals surface area contributed by atoms with Crippen molar-refractivity contribution in [1.29, 1.82) is 0 Å². The average Bonchev–Trinajstić information content (AvgIpc) is 2.59. The summed E-state index contributed by atoms with van der Waals surface area (Å²) in [7, 11) is -1.18. The van der Waals surface area contributed by atoms with Crippen LogP contribution in [-0.2, 0) is 22.8 Å². The van der Waals surface area contributed by atoms with E-state index in [1.807, 2.05) is 14.0 Å². The summed E-state index contributed by atoms with van der Waals surface area (Å²) in [5.41, 5.74) is 1.00. The van der Waals surface area contributed by atoms with Crippen LogP contribution in [0.1, 0.15) is 34.7 Å². The number of hydrogen-bond acceptors (Lipinski definition) is 5. The van der Waals surface area contributed by atoms with E-state index in [9.17, 15) is 8.42 Å². The van der Waals surface area contributed by atoms with E-state index in [2.05, 4.69) is 10.3 Å². The summed E-state index contributed by atoms with van der Waals surface area (Å²) in [6, 6.07) is 0. The second kappa shape index (κ2) is 5.25. The fourth-order valence-corrected chi connectivity index (χ4v) is 3.52. The molecule has 0 radical (unpaired) electrons. The Kier molecular flexibility index (Phi) is 4.46. The molecule has 0 aliphatic carbocycles. The molecule has 0 spiro atoms. The maximum absolute atomic E-state index is 11.4. The van der Waals surface area contributed by atoms with Crippen LogP contribution in [0.25, 0.3) is 0 Å². The van der Waals surface area contributed by atoms with Crippen molar-refractivity contribution in [1.82, 2.24) is 10.3 Å². The van der Waals surface area contributed by atoms with Crippen LogP contribution in [-0.4, -0.2) is 26.7 Å². The van der Waals surface area contributed by atoms with Gasteiger partial charge in [0.05, 0.1) is 5.69 Å². The van der Waals surface area contributed by atoms with E-state index >= 15 is 0 Å². The zero-order chi connectivity index (χ0) is 12.3. The largest absolute Gasteiger partial charge is 0.315 e. The standard InChI is InChI=1S/C10H18N2O2S2/c1-5-8-9(6-11-3)15-10(12-8)7(2)16(4,13)14/h7,11H,5-6H2,1-4H3. The van der Waals surface area contributed by atoms with Crippen molar-refractivity contribution >= 4 is 21.2 Å². The molecule has 4 nitrogen and oxygen atoms in total. The van der Waals surface area contributed by atoms with Crippen LogP contribution in [0.5, 0.6) is 0 Å². The zero-order valence-corrected chi connectivity index (χ0v) is 11.7. The number of nitrogens with one attached hydrogen (secondary N) is 1. The number of rotatable bonds is 5. The SMILES string of the molecule is CCc1nc(C(C)S(C)(=O)=O)sc1CNC. The van der Waals surface area contributed by atoms with E-state index in [0.29, 0.717) is 5.01 Å². The van der Waals surface area contributed by atoms with E-state index in [-0.39, 0.29) is 0 Å². The molecular weight excluding hydrogens is 244 g/mol. The molecule has 0 saturated heterocycles. The summed E-state index contributed by atoms with van der Waals surface area (Å²) in [4.78, 5) is 5.55. The molecule has 92 valence electrons. The number of thiazole rings is 1. The molecule has 0 saturated carbocycles. The highest BCUT2D eigenvalue weighted by Gasteiger charge is 2.22. The molecule has 1 unspecified atom stereocenters. The zero-order valence-electron chi connectivity index (χ0n) is 10.1. The molecule has 0 aliphatic rings. The molecule has 1 atom stereocenters. The van der Waals surface area contributed by atoms with E-state index in [1.54, 1.807) is 6.92 Å². The molecule has 1 aromatic heterocycles. The molecule has 16 heavy (non-hydrogen) atoms. The molecule has 6 heteroatoms. The summed E-state index contributed by atoms with van der Waals surface area (Å²) in [6.07, 6.45) is 2.09. The smallest absolute Gasteiger partial charge is 0.156 e. The molecule has 1 heterocycles. The highest BCUT2D eigenvalue weighted by atomic mass is 32.2. The van der Waals surface area contributed by atoms with Gasteiger partial charge in [0.2, 0.25) is 0 Å². The molecule has 0 fully saturated rings. The van der Waals surface area contributed by atoms with E-state index in [4.69, 9.17) is 0 Å². The number of aryl methyl sites for hydroxylation is 1. The van der Waals surface area contributed by atoms with Crippen molar-refractivity contribution in [2.45, 2.75) is 32.1 Å². The fraction of sp³-hybridized carbons (Fsp3) is 0.700.